The lowest BCUT2D eigenvalue weighted by Gasteiger charge is -2.27. The van der Waals surface area contributed by atoms with Crippen molar-refractivity contribution in [1.29, 1.82) is 0 Å². The normalized spacial score (nSPS) is 15.0. The van der Waals surface area contributed by atoms with Gasteiger partial charge in [0.05, 0.1) is 17.1 Å². The highest BCUT2D eigenvalue weighted by Gasteiger charge is 2.25. The molecule has 5 N–H and O–H groups in total. The van der Waals surface area contributed by atoms with Crippen molar-refractivity contribution in [3.63, 3.8) is 0 Å². The Kier molecular flexibility index (Phi) is 12.0. The van der Waals surface area contributed by atoms with Gasteiger partial charge in [-0.15, -0.1) is 0 Å². The minimum absolute atomic E-state index is 0.153. The fourth-order valence-electron chi connectivity index (χ4n) is 6.86. The second-order valence-corrected chi connectivity index (χ2v) is 14.8. The van der Waals surface area contributed by atoms with E-state index in [1.807, 2.05) is 0 Å². The van der Waals surface area contributed by atoms with E-state index in [9.17, 15) is 19.2 Å². The average Bonchev–Trinajstić information content (AvgIpc) is 3.90. The fraction of sp³-hybridized carbons (Fsp3) is 0.472. The molecule has 2 fully saturated rings. The summed E-state index contributed by atoms with van der Waals surface area (Å²) in [5.41, 5.74) is 2.49. The van der Waals surface area contributed by atoms with Gasteiger partial charge in [0.15, 0.2) is 5.69 Å². The predicted octanol–water partition coefficient (Wildman–Crippen LogP) is 5.60. The van der Waals surface area contributed by atoms with Crippen molar-refractivity contribution in [2.75, 3.05) is 47.0 Å². The monoisotopic (exact) mass is 750 g/mol. The molecule has 0 spiro atoms. The van der Waals surface area contributed by atoms with Crippen molar-refractivity contribution in [1.82, 2.24) is 28.7 Å². The maximum absolute atomic E-state index is 13.3. The highest BCUT2D eigenvalue weighted by Crippen LogP contribution is 2.35. The van der Waals surface area contributed by atoms with Gasteiger partial charge in [-0.3, -0.25) is 19.2 Å². The van der Waals surface area contributed by atoms with Crippen LogP contribution in [0.4, 0.5) is 22.1 Å². The van der Waals surface area contributed by atoms with E-state index in [0.717, 1.165) is 43.9 Å². The molecule has 4 amide bonds. The summed E-state index contributed by atoms with van der Waals surface area (Å²) < 4.78 is 9.20. The van der Waals surface area contributed by atoms with Crippen molar-refractivity contribution in [2.45, 2.75) is 63.8 Å². The first-order chi connectivity index (χ1) is 25.1. The van der Waals surface area contributed by atoms with E-state index in [2.05, 4.69) is 35.9 Å². The maximum atomic E-state index is 13.3. The molecule has 6 rings (SSSR count). The number of nitrogens with one attached hydrogen (secondary N) is 5. The van der Waals surface area contributed by atoms with Gasteiger partial charge in [-0.2, -0.15) is 4.37 Å². The second kappa shape index (κ2) is 16.8. The van der Waals surface area contributed by atoms with Crippen molar-refractivity contribution >= 4 is 68.8 Å². The van der Waals surface area contributed by atoms with Crippen LogP contribution in [0.2, 0.25) is 5.02 Å². The van der Waals surface area contributed by atoms with Crippen LogP contribution in [0.25, 0.3) is 0 Å². The zero-order chi connectivity index (χ0) is 36.8. The van der Waals surface area contributed by atoms with E-state index in [0.29, 0.717) is 51.8 Å². The predicted molar refractivity (Wildman–Crippen MR) is 205 cm³/mol. The molecule has 1 saturated heterocycles. The van der Waals surface area contributed by atoms with Gasteiger partial charge < -0.3 is 45.2 Å². The van der Waals surface area contributed by atoms with Crippen molar-refractivity contribution in [2.24, 2.45) is 21.1 Å². The Morgan fingerprint density at radius 2 is 1.21 bits per heavy atom. The number of anilines is 4. The minimum atomic E-state index is -0.454. The van der Waals surface area contributed by atoms with Gasteiger partial charge in [0.25, 0.3) is 23.6 Å². The summed E-state index contributed by atoms with van der Waals surface area (Å²) in [7, 11) is 5.16. The molecule has 0 bridgehead atoms. The number of hydrogen-bond acceptors (Lipinski definition) is 8. The molecule has 0 unspecified atom stereocenters. The standard InChI is InChI=1S/C36H47ClN10O4S/c1-44-20-24(17-27(44)32(48)39-14-10-13-38-23-11-6-4-7-12-23)40-33(49)28-18-25(21-45(28)2)41-34(50)29-19-26(22-46(29)3)42-35(51)31-30(37)36(52-43-31)47-15-8-5-9-16-47/h17-23,38H,4-16H2,1-3H3,(H,39,48)(H,40,49)(H,41,50)(H,42,51). The molecule has 278 valence electrons. The zero-order valence-corrected chi connectivity index (χ0v) is 31.5. The molecule has 14 nitrogen and oxygen atoms in total. The number of piperidine rings is 1. The van der Waals surface area contributed by atoms with E-state index in [4.69, 9.17) is 11.6 Å². The Hall–Kier alpha value is -4.60. The summed E-state index contributed by atoms with van der Waals surface area (Å²) in [6.07, 6.45) is 15.5. The zero-order valence-electron chi connectivity index (χ0n) is 29.9. The van der Waals surface area contributed by atoms with E-state index < -0.39 is 17.7 Å². The third-order valence-electron chi connectivity index (χ3n) is 9.64. The number of carbonyl (C=O) groups is 4. The third kappa shape index (κ3) is 8.88. The molecule has 4 aromatic heterocycles. The molecule has 16 heteroatoms. The van der Waals surface area contributed by atoms with Crippen molar-refractivity contribution in [3.05, 3.63) is 64.6 Å². The van der Waals surface area contributed by atoms with Crippen LogP contribution in [0.5, 0.6) is 0 Å². The molecule has 0 aromatic carbocycles. The highest BCUT2D eigenvalue weighted by molar-refractivity contribution is 7.11. The van der Waals surface area contributed by atoms with Crippen molar-refractivity contribution in [3.8, 4) is 0 Å². The van der Waals surface area contributed by atoms with Crippen molar-refractivity contribution < 1.29 is 19.2 Å². The Bertz CT molecular complexity index is 1910. The summed E-state index contributed by atoms with van der Waals surface area (Å²) >= 11 is 7.79. The van der Waals surface area contributed by atoms with Crippen LogP contribution in [0.15, 0.2) is 36.8 Å². The van der Waals surface area contributed by atoms with E-state index in [-0.39, 0.29) is 11.6 Å². The topological polar surface area (TPSA) is 159 Å². The Morgan fingerprint density at radius 1 is 0.712 bits per heavy atom. The van der Waals surface area contributed by atoms with Gasteiger partial charge in [0.2, 0.25) is 0 Å². The van der Waals surface area contributed by atoms with E-state index in [1.165, 1.54) is 50.1 Å². The Morgan fingerprint density at radius 3 is 1.77 bits per heavy atom. The molecule has 1 aliphatic carbocycles. The largest absolute Gasteiger partial charge is 0.361 e. The highest BCUT2D eigenvalue weighted by atomic mass is 35.5. The second-order valence-electron chi connectivity index (χ2n) is 13.6. The van der Waals surface area contributed by atoms with Crippen LogP contribution in [0.1, 0.15) is 99.7 Å². The molecular weight excluding hydrogens is 704 g/mol. The van der Waals surface area contributed by atoms with Crippen LogP contribution in [-0.4, -0.2) is 73.9 Å². The number of nitrogens with zero attached hydrogens (tertiary/aromatic N) is 5. The van der Waals surface area contributed by atoms with Crippen LogP contribution in [0.3, 0.4) is 0 Å². The SMILES string of the molecule is Cn1cc(NC(=O)c2cc(NC(=O)c3cc(NC(=O)c4nsc(N5CCCCC5)c4Cl)cn3C)cn2C)cc1C(=O)NCCCNC1CCCCC1. The van der Waals surface area contributed by atoms with Gasteiger partial charge in [-0.1, -0.05) is 30.9 Å². The first kappa shape index (κ1) is 37.2. The number of aryl methyl sites for hydroxylation is 3. The van der Waals surface area contributed by atoms with Crippen LogP contribution < -0.4 is 31.5 Å². The summed E-state index contributed by atoms with van der Waals surface area (Å²) in [6, 6.07) is 5.36. The molecule has 52 heavy (non-hydrogen) atoms. The number of halogens is 1. The smallest absolute Gasteiger partial charge is 0.277 e. The van der Waals surface area contributed by atoms with E-state index >= 15 is 0 Å². The Labute approximate surface area is 312 Å². The number of hydrogen-bond donors (Lipinski definition) is 5. The number of aromatic nitrogens is 4. The Balaban J connectivity index is 1.00. The molecular formula is C36H47ClN10O4S. The number of amides is 4. The molecule has 0 atom stereocenters. The molecule has 5 heterocycles. The summed E-state index contributed by atoms with van der Waals surface area (Å²) in [6.45, 7) is 3.20. The van der Waals surface area contributed by atoms with Gasteiger partial charge in [-0.05, 0) is 74.8 Å². The van der Waals surface area contributed by atoms with Crippen LogP contribution in [-0.2, 0) is 21.1 Å². The molecule has 2 aliphatic rings. The average molecular weight is 751 g/mol. The maximum Gasteiger partial charge on any atom is 0.277 e. The minimum Gasteiger partial charge on any atom is -0.361 e. The first-order valence-electron chi connectivity index (χ1n) is 17.9. The molecule has 0 radical (unpaired) electrons. The van der Waals surface area contributed by atoms with E-state index in [1.54, 1.807) is 71.6 Å². The third-order valence-corrected chi connectivity index (χ3v) is 11.0. The van der Waals surface area contributed by atoms with Crippen LogP contribution in [0, 0.1) is 0 Å². The lowest BCUT2D eigenvalue weighted by atomic mass is 9.95. The molecule has 1 saturated carbocycles. The molecule has 1 aliphatic heterocycles. The summed E-state index contributed by atoms with van der Waals surface area (Å²) in [4.78, 5) is 54.6. The summed E-state index contributed by atoms with van der Waals surface area (Å²) in [5.74, 6) is -1.49. The van der Waals surface area contributed by atoms with Gasteiger partial charge in [0, 0.05) is 65.4 Å². The number of rotatable bonds is 13. The fourth-order valence-corrected chi connectivity index (χ4v) is 8.08. The lowest BCUT2D eigenvalue weighted by Crippen LogP contribution is -2.34. The van der Waals surface area contributed by atoms with Crippen LogP contribution >= 0.6 is 23.1 Å². The molecule has 4 aromatic rings. The lowest BCUT2D eigenvalue weighted by molar-refractivity contribution is 0.0942. The summed E-state index contributed by atoms with van der Waals surface area (Å²) in [5, 5.41) is 16.2. The van der Waals surface area contributed by atoms with Gasteiger partial charge in [0.1, 0.15) is 27.1 Å². The number of carbonyl (C=O) groups excluding carboxylic acids is 4. The van der Waals surface area contributed by atoms with Gasteiger partial charge in [-0.25, -0.2) is 0 Å². The first-order valence-corrected chi connectivity index (χ1v) is 19.1. The van der Waals surface area contributed by atoms with Gasteiger partial charge >= 0.3 is 0 Å². The quantitative estimate of drug-likeness (QED) is 0.111.